The molecule has 1 aromatic heterocycles. The summed E-state index contributed by atoms with van der Waals surface area (Å²) in [5, 5.41) is 11.4. The second-order valence-electron chi connectivity index (χ2n) is 7.70. The Bertz CT molecular complexity index is 1160. The number of anilines is 2. The van der Waals surface area contributed by atoms with Gasteiger partial charge in [-0.1, -0.05) is 25.2 Å². The van der Waals surface area contributed by atoms with Crippen molar-refractivity contribution in [2.24, 2.45) is 10.9 Å². The zero-order valence-electron chi connectivity index (χ0n) is 20.1. The number of nitriles is 1. The molecule has 1 N–H and O–H groups in total. The molecular weight excluding hydrogens is 471 g/mol. The van der Waals surface area contributed by atoms with Gasteiger partial charge < -0.3 is 15.0 Å². The van der Waals surface area contributed by atoms with E-state index in [1.807, 2.05) is 29.2 Å². The highest BCUT2D eigenvalue weighted by atomic mass is 19.4. The van der Waals surface area contributed by atoms with Crippen molar-refractivity contribution in [3.05, 3.63) is 65.7 Å². The summed E-state index contributed by atoms with van der Waals surface area (Å²) >= 11 is 0. The molecule has 0 saturated heterocycles. The van der Waals surface area contributed by atoms with Gasteiger partial charge in [0, 0.05) is 30.5 Å². The first kappa shape index (κ1) is 27.9. The second kappa shape index (κ2) is 13.0. The van der Waals surface area contributed by atoms with Gasteiger partial charge in [0.15, 0.2) is 0 Å². The number of carbonyl (C=O) groups is 1. The van der Waals surface area contributed by atoms with Gasteiger partial charge in [-0.25, -0.2) is 4.98 Å². The second-order valence-corrected chi connectivity index (χ2v) is 7.70. The molecule has 2 heterocycles. The molecule has 0 aromatic carbocycles. The van der Waals surface area contributed by atoms with E-state index >= 15 is 0 Å². The molecule has 0 bridgehead atoms. The number of nitrogens with one attached hydrogen (secondary N) is 1. The van der Waals surface area contributed by atoms with Crippen LogP contribution in [-0.2, 0) is 9.53 Å². The number of alkyl halides is 3. The van der Waals surface area contributed by atoms with Crippen LogP contribution in [0.5, 0.6) is 0 Å². The van der Waals surface area contributed by atoms with Crippen LogP contribution in [0.2, 0.25) is 0 Å². The van der Waals surface area contributed by atoms with E-state index in [-0.39, 0.29) is 31.2 Å². The molecule has 1 aliphatic heterocycles. The monoisotopic (exact) mass is 497 g/mol. The van der Waals surface area contributed by atoms with Crippen molar-refractivity contribution >= 4 is 23.8 Å². The van der Waals surface area contributed by atoms with Gasteiger partial charge in [0.2, 0.25) is 0 Å². The first-order valence-electron chi connectivity index (χ1n) is 10.9. The number of nitrogens with zero attached hydrogens (tertiary/aromatic N) is 4. The molecule has 7 nitrogen and oxygen atoms in total. The van der Waals surface area contributed by atoms with E-state index in [1.54, 1.807) is 43.9 Å². The Kier molecular flexibility index (Phi) is 10.1. The highest BCUT2D eigenvalue weighted by Crippen LogP contribution is 2.35. The Morgan fingerprint density at radius 2 is 2.06 bits per heavy atom. The smallest absolute Gasteiger partial charge is 0.386 e. The highest BCUT2D eigenvalue weighted by Gasteiger charge is 2.34. The molecule has 1 amide bonds. The van der Waals surface area contributed by atoms with Crippen molar-refractivity contribution in [2.45, 2.75) is 38.9 Å². The van der Waals surface area contributed by atoms with Crippen molar-refractivity contribution in [1.82, 2.24) is 4.98 Å². The van der Waals surface area contributed by atoms with E-state index < -0.39 is 6.18 Å². The lowest BCUT2D eigenvalue weighted by molar-refractivity contribution is -0.112. The van der Waals surface area contributed by atoms with Crippen LogP contribution in [0.1, 0.15) is 26.7 Å². The number of methoxy groups -OCH3 is 1. The normalized spacial score (nSPS) is 18.8. The van der Waals surface area contributed by atoms with Gasteiger partial charge in [-0.3, -0.25) is 9.79 Å². The van der Waals surface area contributed by atoms with Crippen molar-refractivity contribution in [3.8, 4) is 18.4 Å². The Morgan fingerprint density at radius 3 is 2.64 bits per heavy atom. The Balaban J connectivity index is 0.000000830. The fourth-order valence-corrected chi connectivity index (χ4v) is 3.37. The molecule has 0 spiro atoms. The first-order valence-corrected chi connectivity index (χ1v) is 10.9. The zero-order chi connectivity index (χ0) is 26.7. The Hall–Kier alpha value is -4.31. The van der Waals surface area contributed by atoms with E-state index in [9.17, 15) is 18.0 Å². The lowest BCUT2D eigenvalue weighted by Gasteiger charge is -2.27. The summed E-state index contributed by atoms with van der Waals surface area (Å²) in [4.78, 5) is 23.5. The molecule has 36 heavy (non-hydrogen) atoms. The quantitative estimate of drug-likeness (QED) is 0.314. The van der Waals surface area contributed by atoms with Crippen LogP contribution < -0.4 is 10.2 Å². The lowest BCUT2D eigenvalue weighted by atomic mass is 9.92. The van der Waals surface area contributed by atoms with Crippen molar-refractivity contribution < 1.29 is 22.7 Å². The van der Waals surface area contributed by atoms with Gasteiger partial charge >= 0.3 is 6.18 Å². The third-order valence-electron chi connectivity index (χ3n) is 4.98. The molecule has 10 heteroatoms. The zero-order valence-corrected chi connectivity index (χ0v) is 20.1. The minimum atomic E-state index is -4.00. The third kappa shape index (κ3) is 8.17. The Morgan fingerprint density at radius 1 is 1.33 bits per heavy atom. The van der Waals surface area contributed by atoms with Gasteiger partial charge in [0.05, 0.1) is 37.8 Å². The molecule has 1 aromatic rings. The molecule has 0 radical (unpaired) electrons. The average Bonchev–Trinajstić information content (AvgIpc) is 3.26. The molecule has 188 valence electrons. The molecule has 2 aliphatic rings. The minimum absolute atomic E-state index is 0.00313. The van der Waals surface area contributed by atoms with E-state index in [0.717, 1.165) is 17.1 Å². The summed E-state index contributed by atoms with van der Waals surface area (Å²) in [5.41, 5.74) is 2.28. The number of aromatic nitrogens is 1. The summed E-state index contributed by atoms with van der Waals surface area (Å²) in [6.07, 6.45) is 14.1. The van der Waals surface area contributed by atoms with Crippen molar-refractivity contribution in [1.29, 1.82) is 5.26 Å². The van der Waals surface area contributed by atoms with Crippen LogP contribution in [0.3, 0.4) is 0 Å². The fourth-order valence-electron chi connectivity index (χ4n) is 3.37. The van der Waals surface area contributed by atoms with Crippen LogP contribution in [0.15, 0.2) is 70.7 Å². The molecule has 2 unspecified atom stereocenters. The highest BCUT2D eigenvalue weighted by molar-refractivity contribution is 6.05. The molecule has 2 atom stereocenters. The third-order valence-corrected chi connectivity index (χ3v) is 4.98. The summed E-state index contributed by atoms with van der Waals surface area (Å²) in [6.45, 7) is 2.27. The van der Waals surface area contributed by atoms with E-state index in [4.69, 9.17) is 16.4 Å². The van der Waals surface area contributed by atoms with E-state index in [2.05, 4.69) is 28.1 Å². The fraction of sp³-hybridized carbons (Fsp3) is 0.308. The van der Waals surface area contributed by atoms with Crippen LogP contribution in [-0.4, -0.2) is 36.6 Å². The maximum atomic E-state index is 12.6. The number of ether oxygens (including phenoxy) is 1. The van der Waals surface area contributed by atoms with Crippen LogP contribution >= 0.6 is 0 Å². The number of amides is 1. The standard InChI is InChI=1S/C24H23N5O2.C2H3F3/c1-4-5-8-18(9-6-7-14-25)24(30)28-22-13-10-19(15-26-22)29-16-27-23-17(2)21(31-3)12-11-20(23)29;1-2(3,4)5/h1,6,8-13,15-17,23H,5,7H2,2-3H3,(H,26,28,30);1H3/b9-6-,18-8+;. The number of carbonyl (C=O) groups excluding carboxylic acids is 1. The van der Waals surface area contributed by atoms with Crippen LogP contribution in [0.25, 0.3) is 0 Å². The van der Waals surface area contributed by atoms with Crippen LogP contribution in [0, 0.1) is 29.6 Å². The van der Waals surface area contributed by atoms with Crippen LogP contribution in [0.4, 0.5) is 24.7 Å². The number of terminal acetylenes is 1. The topological polar surface area (TPSA) is 90.6 Å². The Labute approximate surface area is 208 Å². The number of fused-ring (bicyclic) bond motifs is 1. The van der Waals surface area contributed by atoms with Gasteiger partial charge in [-0.2, -0.15) is 18.4 Å². The predicted octanol–water partition coefficient (Wildman–Crippen LogP) is 5.29. The van der Waals surface area contributed by atoms with Gasteiger partial charge in [-0.15, -0.1) is 12.3 Å². The van der Waals surface area contributed by atoms with Gasteiger partial charge in [-0.05, 0) is 24.3 Å². The average molecular weight is 498 g/mol. The predicted molar refractivity (Wildman–Crippen MR) is 133 cm³/mol. The van der Waals surface area contributed by atoms with Crippen molar-refractivity contribution in [3.63, 3.8) is 0 Å². The number of rotatable bonds is 7. The summed E-state index contributed by atoms with van der Waals surface area (Å²) in [6, 6.07) is 5.60. The maximum absolute atomic E-state index is 12.6. The number of hydrogen-bond donors (Lipinski definition) is 1. The minimum Gasteiger partial charge on any atom is -0.501 e. The number of halogens is 3. The number of hydrogen-bond acceptors (Lipinski definition) is 6. The largest absolute Gasteiger partial charge is 0.501 e. The molecule has 1 aliphatic carbocycles. The molecule has 0 saturated carbocycles. The first-order chi connectivity index (χ1) is 17.1. The van der Waals surface area contributed by atoms with Gasteiger partial charge in [0.25, 0.3) is 5.91 Å². The molecule has 3 rings (SSSR count). The summed E-state index contributed by atoms with van der Waals surface area (Å²) < 4.78 is 36.5. The number of allylic oxidation sites excluding steroid dienone is 4. The van der Waals surface area contributed by atoms with Crippen molar-refractivity contribution in [2.75, 3.05) is 17.3 Å². The summed E-state index contributed by atoms with van der Waals surface area (Å²) in [5.74, 6) is 3.60. The number of pyridine rings is 1. The number of aliphatic imine (C=N–C) groups is 1. The molecular formula is C26H26F3N5O2. The van der Waals surface area contributed by atoms with E-state index in [0.29, 0.717) is 17.8 Å². The molecule has 0 fully saturated rings. The van der Waals surface area contributed by atoms with Gasteiger partial charge in [0.1, 0.15) is 17.6 Å². The summed E-state index contributed by atoms with van der Waals surface area (Å²) in [7, 11) is 1.67. The van der Waals surface area contributed by atoms with E-state index in [1.165, 1.54) is 0 Å². The lowest BCUT2D eigenvalue weighted by Crippen LogP contribution is -2.28. The SMILES string of the molecule is C#CC/C=C(\C=C/CC#N)C(=O)Nc1ccc(N2C=NC3C2=CC=C(OC)C3C)cn1.CC(F)(F)F. The maximum Gasteiger partial charge on any atom is 0.386 e.